The largest absolute Gasteiger partial charge is 0.397 e. The number of nitrogens with one attached hydrogen (secondary N) is 1. The lowest BCUT2D eigenvalue weighted by Crippen LogP contribution is -2.21. The SMILES string of the molecule is CC(C)CS(=O)(=O)Nc1c(N)ccc(F)c1F. The average molecular weight is 264 g/mol. The van der Waals surface area contributed by atoms with Gasteiger partial charge in [-0.05, 0) is 18.1 Å². The Kier molecular flexibility index (Phi) is 3.92. The minimum atomic E-state index is -3.73. The predicted molar refractivity (Wildman–Crippen MR) is 63.0 cm³/mol. The van der Waals surface area contributed by atoms with Crippen molar-refractivity contribution in [1.82, 2.24) is 0 Å². The van der Waals surface area contributed by atoms with Gasteiger partial charge in [0.05, 0.1) is 11.4 Å². The van der Waals surface area contributed by atoms with Crippen molar-refractivity contribution in [2.24, 2.45) is 5.92 Å². The Bertz CT molecular complexity index is 515. The van der Waals surface area contributed by atoms with E-state index in [2.05, 4.69) is 0 Å². The van der Waals surface area contributed by atoms with Crippen LogP contribution in [0.25, 0.3) is 0 Å². The van der Waals surface area contributed by atoms with Crippen LogP contribution in [-0.2, 0) is 10.0 Å². The Morgan fingerprint density at radius 3 is 2.47 bits per heavy atom. The molecule has 1 aromatic carbocycles. The van der Waals surface area contributed by atoms with E-state index < -0.39 is 27.3 Å². The van der Waals surface area contributed by atoms with E-state index in [1.807, 2.05) is 4.72 Å². The van der Waals surface area contributed by atoms with Gasteiger partial charge in [-0.15, -0.1) is 0 Å². The molecule has 17 heavy (non-hydrogen) atoms. The molecule has 0 aliphatic rings. The number of nitrogens with two attached hydrogens (primary N) is 1. The number of anilines is 2. The van der Waals surface area contributed by atoms with Crippen LogP contribution in [0.1, 0.15) is 13.8 Å². The standard InChI is InChI=1S/C10H14F2N2O2S/c1-6(2)5-17(15,16)14-10-8(13)4-3-7(11)9(10)12/h3-4,6,14H,5,13H2,1-2H3. The molecule has 0 fully saturated rings. The minimum absolute atomic E-state index is 0.134. The van der Waals surface area contributed by atoms with E-state index in [1.54, 1.807) is 13.8 Å². The highest BCUT2D eigenvalue weighted by Crippen LogP contribution is 2.25. The summed E-state index contributed by atoms with van der Waals surface area (Å²) in [5.41, 5.74) is 4.70. The molecule has 7 heteroatoms. The first-order chi connectivity index (χ1) is 7.73. The minimum Gasteiger partial charge on any atom is -0.397 e. The van der Waals surface area contributed by atoms with Crippen molar-refractivity contribution in [3.8, 4) is 0 Å². The summed E-state index contributed by atoms with van der Waals surface area (Å²) < 4.78 is 51.4. The summed E-state index contributed by atoms with van der Waals surface area (Å²) in [6, 6.07) is 1.94. The van der Waals surface area contributed by atoms with Crippen LogP contribution in [0.4, 0.5) is 20.2 Å². The van der Waals surface area contributed by atoms with Crippen molar-refractivity contribution in [1.29, 1.82) is 0 Å². The van der Waals surface area contributed by atoms with Crippen LogP contribution < -0.4 is 10.5 Å². The fourth-order valence-electron chi connectivity index (χ4n) is 1.31. The van der Waals surface area contributed by atoms with Gasteiger partial charge in [0.15, 0.2) is 11.6 Å². The smallest absolute Gasteiger partial charge is 0.233 e. The third kappa shape index (κ3) is 3.55. The third-order valence-electron chi connectivity index (χ3n) is 1.94. The number of nitrogen functional groups attached to an aromatic ring is 1. The summed E-state index contributed by atoms with van der Waals surface area (Å²) in [6.07, 6.45) is 0. The zero-order valence-electron chi connectivity index (χ0n) is 9.50. The molecule has 0 saturated heterocycles. The van der Waals surface area contributed by atoms with Gasteiger partial charge in [0.2, 0.25) is 10.0 Å². The van der Waals surface area contributed by atoms with Gasteiger partial charge in [0.1, 0.15) is 5.69 Å². The number of halogens is 2. The molecule has 0 saturated carbocycles. The second-order valence-electron chi connectivity index (χ2n) is 4.10. The zero-order valence-corrected chi connectivity index (χ0v) is 10.3. The Labute approximate surface area is 98.9 Å². The van der Waals surface area contributed by atoms with Gasteiger partial charge in [-0.25, -0.2) is 17.2 Å². The molecule has 0 amide bonds. The summed E-state index contributed by atoms with van der Waals surface area (Å²) in [5, 5.41) is 0. The van der Waals surface area contributed by atoms with Crippen LogP contribution in [0, 0.1) is 17.6 Å². The van der Waals surface area contributed by atoms with Crippen molar-refractivity contribution in [2.75, 3.05) is 16.2 Å². The van der Waals surface area contributed by atoms with Crippen LogP contribution in [-0.4, -0.2) is 14.2 Å². The van der Waals surface area contributed by atoms with Gasteiger partial charge >= 0.3 is 0 Å². The first-order valence-corrected chi connectivity index (χ1v) is 6.62. The summed E-state index contributed by atoms with van der Waals surface area (Å²) in [7, 11) is -3.73. The van der Waals surface area contributed by atoms with E-state index in [0.29, 0.717) is 0 Å². The number of sulfonamides is 1. The fraction of sp³-hybridized carbons (Fsp3) is 0.400. The maximum Gasteiger partial charge on any atom is 0.233 e. The maximum atomic E-state index is 13.3. The molecule has 0 unspecified atom stereocenters. The Morgan fingerprint density at radius 2 is 1.94 bits per heavy atom. The highest BCUT2D eigenvalue weighted by atomic mass is 32.2. The zero-order chi connectivity index (χ0) is 13.2. The Hall–Kier alpha value is -1.37. The molecule has 0 atom stereocenters. The van der Waals surface area contributed by atoms with Crippen molar-refractivity contribution in [3.05, 3.63) is 23.8 Å². The van der Waals surface area contributed by atoms with Gasteiger partial charge in [-0.3, -0.25) is 4.72 Å². The molecule has 4 nitrogen and oxygen atoms in total. The average Bonchev–Trinajstić information content (AvgIpc) is 2.17. The summed E-state index contributed by atoms with van der Waals surface area (Å²) in [6.45, 7) is 3.40. The van der Waals surface area contributed by atoms with E-state index in [1.165, 1.54) is 0 Å². The maximum absolute atomic E-state index is 13.3. The molecule has 96 valence electrons. The lowest BCUT2D eigenvalue weighted by Gasteiger charge is -2.12. The number of hydrogen-bond acceptors (Lipinski definition) is 3. The molecule has 0 radical (unpaired) electrons. The molecule has 0 aromatic heterocycles. The third-order valence-corrected chi connectivity index (χ3v) is 3.56. The second kappa shape index (κ2) is 4.87. The molecule has 0 aliphatic heterocycles. The van der Waals surface area contributed by atoms with Crippen molar-refractivity contribution in [2.45, 2.75) is 13.8 Å². The van der Waals surface area contributed by atoms with E-state index in [-0.39, 0.29) is 17.4 Å². The molecule has 0 bridgehead atoms. The van der Waals surface area contributed by atoms with E-state index in [4.69, 9.17) is 5.73 Å². The topological polar surface area (TPSA) is 72.2 Å². The normalized spacial score (nSPS) is 11.8. The monoisotopic (exact) mass is 264 g/mol. The predicted octanol–water partition coefficient (Wildman–Crippen LogP) is 1.94. The first-order valence-electron chi connectivity index (χ1n) is 4.97. The molecule has 0 heterocycles. The summed E-state index contributed by atoms with van der Waals surface area (Å²) >= 11 is 0. The number of benzene rings is 1. The second-order valence-corrected chi connectivity index (χ2v) is 5.87. The lowest BCUT2D eigenvalue weighted by molar-refractivity contribution is 0.512. The van der Waals surface area contributed by atoms with Gasteiger partial charge in [-0.1, -0.05) is 13.8 Å². The molecule has 1 aromatic rings. The van der Waals surface area contributed by atoms with Crippen molar-refractivity contribution >= 4 is 21.4 Å². The molecular weight excluding hydrogens is 250 g/mol. The van der Waals surface area contributed by atoms with Crippen LogP contribution in [0.5, 0.6) is 0 Å². The highest BCUT2D eigenvalue weighted by molar-refractivity contribution is 7.92. The first kappa shape index (κ1) is 13.7. The lowest BCUT2D eigenvalue weighted by atomic mass is 10.2. The van der Waals surface area contributed by atoms with Gasteiger partial charge in [0.25, 0.3) is 0 Å². The van der Waals surface area contributed by atoms with Crippen LogP contribution in [0.2, 0.25) is 0 Å². The molecular formula is C10H14F2N2O2S. The highest BCUT2D eigenvalue weighted by Gasteiger charge is 2.19. The quantitative estimate of drug-likeness (QED) is 0.816. The van der Waals surface area contributed by atoms with Crippen LogP contribution in [0.15, 0.2) is 12.1 Å². The number of hydrogen-bond donors (Lipinski definition) is 2. The van der Waals surface area contributed by atoms with Gasteiger partial charge < -0.3 is 5.73 Å². The van der Waals surface area contributed by atoms with Gasteiger partial charge in [0, 0.05) is 0 Å². The number of rotatable bonds is 4. The fourth-order valence-corrected chi connectivity index (χ4v) is 2.78. The molecule has 0 aliphatic carbocycles. The van der Waals surface area contributed by atoms with Crippen molar-refractivity contribution < 1.29 is 17.2 Å². The van der Waals surface area contributed by atoms with Crippen molar-refractivity contribution in [3.63, 3.8) is 0 Å². The molecule has 1 rings (SSSR count). The van der Waals surface area contributed by atoms with Gasteiger partial charge in [-0.2, -0.15) is 0 Å². The summed E-state index contributed by atoms with van der Waals surface area (Å²) in [4.78, 5) is 0. The van der Waals surface area contributed by atoms with Crippen LogP contribution >= 0.6 is 0 Å². The van der Waals surface area contributed by atoms with E-state index >= 15 is 0 Å². The van der Waals surface area contributed by atoms with E-state index in [9.17, 15) is 17.2 Å². The summed E-state index contributed by atoms with van der Waals surface area (Å²) in [5.74, 6) is -2.77. The Morgan fingerprint density at radius 1 is 1.35 bits per heavy atom. The molecule has 3 N–H and O–H groups in total. The Balaban J connectivity index is 3.08. The van der Waals surface area contributed by atoms with Crippen LogP contribution in [0.3, 0.4) is 0 Å². The molecule has 0 spiro atoms. The van der Waals surface area contributed by atoms with E-state index in [0.717, 1.165) is 12.1 Å².